The molecule has 1 aliphatic rings. The highest BCUT2D eigenvalue weighted by Crippen LogP contribution is 2.37. The topological polar surface area (TPSA) is 52.6 Å². The van der Waals surface area contributed by atoms with Crippen molar-refractivity contribution in [1.29, 1.82) is 0 Å². The van der Waals surface area contributed by atoms with Gasteiger partial charge in [0.15, 0.2) is 11.6 Å². The molecule has 0 fully saturated rings. The quantitative estimate of drug-likeness (QED) is 0.307. The van der Waals surface area contributed by atoms with E-state index in [4.69, 9.17) is 9.16 Å². The normalized spacial score (nSPS) is 17.4. The first-order valence-electron chi connectivity index (χ1n) is 8.99. The lowest BCUT2D eigenvalue weighted by atomic mass is 10.1. The number of ketones is 2. The van der Waals surface area contributed by atoms with Crippen LogP contribution in [-0.2, 0) is 14.3 Å². The van der Waals surface area contributed by atoms with Crippen LogP contribution in [0.4, 0.5) is 0 Å². The van der Waals surface area contributed by atoms with Crippen molar-refractivity contribution in [1.82, 2.24) is 0 Å². The molecule has 0 unspecified atom stereocenters. The Morgan fingerprint density at radius 1 is 1.07 bits per heavy atom. The van der Waals surface area contributed by atoms with Crippen LogP contribution in [0.2, 0.25) is 18.1 Å². The third-order valence-corrected chi connectivity index (χ3v) is 9.49. The molecule has 5 heteroatoms. The Balaban J connectivity index is 2.19. The van der Waals surface area contributed by atoms with Crippen molar-refractivity contribution in [2.75, 3.05) is 7.11 Å². The van der Waals surface area contributed by atoms with Crippen molar-refractivity contribution < 1.29 is 18.8 Å². The van der Waals surface area contributed by atoms with Crippen LogP contribution in [0.25, 0.3) is 6.08 Å². The third-order valence-electron chi connectivity index (χ3n) is 5.13. The van der Waals surface area contributed by atoms with Gasteiger partial charge in [0.25, 0.3) is 0 Å². The molecular formula is C22H28O4Si. The molecule has 0 N–H and O–H groups in total. The van der Waals surface area contributed by atoms with Crippen molar-refractivity contribution in [3.05, 3.63) is 58.9 Å². The van der Waals surface area contributed by atoms with E-state index in [1.54, 1.807) is 13.0 Å². The molecule has 0 saturated heterocycles. The second-order valence-corrected chi connectivity index (χ2v) is 13.0. The maximum absolute atomic E-state index is 12.1. The SMILES string of the molecule is COC(/C=C/c1ccc(O[Si](C)(C)C(C)(C)C)cc1)=C1\C(=O)C=C(C)C1=O. The summed E-state index contributed by atoms with van der Waals surface area (Å²) in [4.78, 5) is 24.1. The number of hydrogen-bond acceptors (Lipinski definition) is 4. The van der Waals surface area contributed by atoms with Crippen LogP contribution >= 0.6 is 0 Å². The second kappa shape index (κ2) is 7.68. The van der Waals surface area contributed by atoms with Crippen LogP contribution < -0.4 is 4.43 Å². The molecular weight excluding hydrogens is 356 g/mol. The van der Waals surface area contributed by atoms with Crippen LogP contribution in [0, 0.1) is 0 Å². The zero-order valence-corrected chi connectivity index (χ0v) is 18.2. The third kappa shape index (κ3) is 4.66. The number of rotatable bonds is 5. The minimum absolute atomic E-state index is 0.0872. The van der Waals surface area contributed by atoms with Crippen molar-refractivity contribution in [2.45, 2.75) is 45.8 Å². The minimum Gasteiger partial charge on any atom is -0.544 e. The van der Waals surface area contributed by atoms with E-state index in [2.05, 4.69) is 33.9 Å². The predicted molar refractivity (Wildman–Crippen MR) is 111 cm³/mol. The molecule has 4 nitrogen and oxygen atoms in total. The lowest BCUT2D eigenvalue weighted by Crippen LogP contribution is -2.43. The molecule has 27 heavy (non-hydrogen) atoms. The summed E-state index contributed by atoms with van der Waals surface area (Å²) in [6, 6.07) is 7.77. The van der Waals surface area contributed by atoms with Crippen LogP contribution in [0.15, 0.2) is 53.3 Å². The number of carbonyl (C=O) groups excluding carboxylic acids is 2. The summed E-state index contributed by atoms with van der Waals surface area (Å²) >= 11 is 0. The molecule has 0 aliphatic heterocycles. The van der Waals surface area contributed by atoms with Crippen molar-refractivity contribution in [3.8, 4) is 5.75 Å². The summed E-state index contributed by atoms with van der Waals surface area (Å²) in [5.74, 6) is 0.543. The van der Waals surface area contributed by atoms with Gasteiger partial charge < -0.3 is 9.16 Å². The number of allylic oxidation sites excluding steroid dienone is 4. The molecule has 0 atom stereocenters. The van der Waals surface area contributed by atoms with Gasteiger partial charge in [-0.05, 0) is 54.9 Å². The molecule has 0 radical (unpaired) electrons. The predicted octanol–water partition coefficient (Wildman–Crippen LogP) is 5.08. The second-order valence-electron chi connectivity index (χ2n) is 8.23. The first kappa shape index (κ1) is 20.9. The zero-order valence-electron chi connectivity index (χ0n) is 17.2. The van der Waals surface area contributed by atoms with E-state index in [-0.39, 0.29) is 27.9 Å². The Morgan fingerprint density at radius 3 is 2.11 bits per heavy atom. The Hall–Kier alpha value is -2.40. The minimum atomic E-state index is -1.87. The van der Waals surface area contributed by atoms with E-state index in [1.165, 1.54) is 13.2 Å². The summed E-state index contributed by atoms with van der Waals surface area (Å²) in [6.45, 7) is 12.7. The number of benzene rings is 1. The molecule has 1 aromatic rings. The molecule has 0 amide bonds. The largest absolute Gasteiger partial charge is 0.544 e. The number of ether oxygens (including phenoxy) is 1. The fourth-order valence-electron chi connectivity index (χ4n) is 2.40. The highest BCUT2D eigenvalue weighted by Gasteiger charge is 2.38. The summed E-state index contributed by atoms with van der Waals surface area (Å²) in [7, 11) is -0.416. The van der Waals surface area contributed by atoms with Crippen molar-refractivity contribution in [3.63, 3.8) is 0 Å². The van der Waals surface area contributed by atoms with Gasteiger partial charge >= 0.3 is 0 Å². The molecule has 0 bridgehead atoms. The number of carbonyl (C=O) groups is 2. The number of methoxy groups -OCH3 is 1. The summed E-state index contributed by atoms with van der Waals surface area (Å²) in [6.07, 6.45) is 4.81. The first-order chi connectivity index (χ1) is 12.5. The molecule has 144 valence electrons. The molecule has 1 aliphatic carbocycles. The van der Waals surface area contributed by atoms with Crippen molar-refractivity contribution >= 4 is 26.0 Å². The fourth-order valence-corrected chi connectivity index (χ4v) is 3.43. The maximum atomic E-state index is 12.1. The Kier molecular flexibility index (Phi) is 5.95. The standard InChI is InChI=1S/C22H28O4Si/c1-15-14-18(23)20(21(15)24)19(25-5)13-10-16-8-11-17(12-9-16)26-27(6,7)22(2,3)4/h8-14H,1-7H3/b13-10+,20-19+. The maximum Gasteiger partial charge on any atom is 0.250 e. The molecule has 2 rings (SSSR count). The lowest BCUT2D eigenvalue weighted by molar-refractivity contribution is -0.116. The van der Waals surface area contributed by atoms with E-state index in [9.17, 15) is 9.59 Å². The van der Waals surface area contributed by atoms with Gasteiger partial charge in [0, 0.05) is 5.57 Å². The van der Waals surface area contributed by atoms with Crippen LogP contribution in [0.3, 0.4) is 0 Å². The molecule has 0 saturated carbocycles. The van der Waals surface area contributed by atoms with Crippen LogP contribution in [-0.4, -0.2) is 27.0 Å². The van der Waals surface area contributed by atoms with E-state index in [0.717, 1.165) is 11.3 Å². The Bertz CT molecular complexity index is 834. The first-order valence-corrected chi connectivity index (χ1v) is 11.9. The molecule has 0 aromatic heterocycles. The zero-order chi connectivity index (χ0) is 20.4. The fraction of sp³-hybridized carbons (Fsp3) is 0.364. The average molecular weight is 385 g/mol. The Morgan fingerprint density at radius 2 is 1.67 bits per heavy atom. The summed E-state index contributed by atoms with van der Waals surface area (Å²) in [5, 5.41) is 0.137. The Labute approximate surface area is 162 Å². The van der Waals surface area contributed by atoms with Crippen molar-refractivity contribution in [2.24, 2.45) is 0 Å². The van der Waals surface area contributed by atoms with E-state index >= 15 is 0 Å². The van der Waals surface area contributed by atoms with Crippen LogP contribution in [0.5, 0.6) is 5.75 Å². The summed E-state index contributed by atoms with van der Waals surface area (Å²) < 4.78 is 11.5. The van der Waals surface area contributed by atoms with Gasteiger partial charge in [0.2, 0.25) is 8.32 Å². The van der Waals surface area contributed by atoms with Gasteiger partial charge in [-0.25, -0.2) is 0 Å². The van der Waals surface area contributed by atoms with E-state index in [1.807, 2.05) is 30.3 Å². The van der Waals surface area contributed by atoms with Gasteiger partial charge in [-0.1, -0.05) is 39.0 Å². The molecule has 1 aromatic carbocycles. The molecule has 0 heterocycles. The summed E-state index contributed by atoms with van der Waals surface area (Å²) in [5.41, 5.74) is 1.45. The van der Waals surface area contributed by atoms with Gasteiger partial charge in [-0.3, -0.25) is 9.59 Å². The van der Waals surface area contributed by atoms with Gasteiger partial charge in [0.05, 0.1) is 7.11 Å². The van der Waals surface area contributed by atoms with Gasteiger partial charge in [-0.15, -0.1) is 0 Å². The van der Waals surface area contributed by atoms with Crippen LogP contribution in [0.1, 0.15) is 33.3 Å². The van der Waals surface area contributed by atoms with E-state index in [0.29, 0.717) is 5.57 Å². The number of hydrogen-bond donors (Lipinski definition) is 0. The van der Waals surface area contributed by atoms with E-state index < -0.39 is 8.32 Å². The van der Waals surface area contributed by atoms with Gasteiger partial charge in [-0.2, -0.15) is 0 Å². The van der Waals surface area contributed by atoms with Gasteiger partial charge in [0.1, 0.15) is 17.1 Å². The highest BCUT2D eigenvalue weighted by molar-refractivity contribution is 6.74. The smallest absolute Gasteiger partial charge is 0.250 e. The lowest BCUT2D eigenvalue weighted by Gasteiger charge is -2.36. The highest BCUT2D eigenvalue weighted by atomic mass is 28.4. The average Bonchev–Trinajstić information content (AvgIpc) is 2.82. The molecule has 0 spiro atoms. The number of Topliss-reactive ketones (excluding diaryl/α,β-unsaturated/α-hetero) is 1. The monoisotopic (exact) mass is 384 g/mol.